The molecule has 5 nitrogen and oxygen atoms in total. The summed E-state index contributed by atoms with van der Waals surface area (Å²) in [6.07, 6.45) is 0. The van der Waals surface area contributed by atoms with Crippen LogP contribution in [0, 0.1) is 27.3 Å². The highest BCUT2D eigenvalue weighted by Gasteiger charge is 2.12. The molecule has 0 bridgehead atoms. The summed E-state index contributed by atoms with van der Waals surface area (Å²) in [7, 11) is 0. The highest BCUT2D eigenvalue weighted by Crippen LogP contribution is 2.29. The molecule has 106 valence electrons. The van der Waals surface area contributed by atoms with Crippen LogP contribution < -0.4 is 4.74 Å². The van der Waals surface area contributed by atoms with Gasteiger partial charge in [0.25, 0.3) is 5.69 Å². The Morgan fingerprint density at radius 2 is 2.10 bits per heavy atom. The van der Waals surface area contributed by atoms with Crippen molar-refractivity contribution in [3.05, 3.63) is 68.5 Å². The lowest BCUT2D eigenvalue weighted by Crippen LogP contribution is -2.00. The van der Waals surface area contributed by atoms with Gasteiger partial charge in [0, 0.05) is 11.6 Å². The van der Waals surface area contributed by atoms with Crippen molar-refractivity contribution in [3.63, 3.8) is 0 Å². The zero-order valence-corrected chi connectivity index (χ0v) is 11.3. The molecule has 0 atom stereocenters. The van der Waals surface area contributed by atoms with E-state index < -0.39 is 10.7 Å². The maximum absolute atomic E-state index is 13.7. The molecule has 2 aromatic rings. The molecule has 2 aromatic carbocycles. The Kier molecular flexibility index (Phi) is 4.36. The van der Waals surface area contributed by atoms with E-state index in [-0.39, 0.29) is 34.2 Å². The van der Waals surface area contributed by atoms with E-state index in [0.29, 0.717) is 0 Å². The molecule has 0 fully saturated rings. The predicted octanol–water partition coefficient (Wildman–Crippen LogP) is 3.84. The van der Waals surface area contributed by atoms with Crippen molar-refractivity contribution in [1.82, 2.24) is 0 Å². The monoisotopic (exact) mass is 306 g/mol. The molecule has 0 aliphatic heterocycles. The molecule has 7 heteroatoms. The van der Waals surface area contributed by atoms with Gasteiger partial charge in [0.15, 0.2) is 0 Å². The topological polar surface area (TPSA) is 76.2 Å². The Bertz CT molecular complexity index is 743. The summed E-state index contributed by atoms with van der Waals surface area (Å²) < 4.78 is 19.0. The van der Waals surface area contributed by atoms with Crippen LogP contribution in [0.4, 0.5) is 10.1 Å². The number of nitriles is 1. The Balaban J connectivity index is 2.18. The Morgan fingerprint density at radius 1 is 1.33 bits per heavy atom. The molecule has 0 spiro atoms. The number of hydrogen-bond acceptors (Lipinski definition) is 4. The van der Waals surface area contributed by atoms with Crippen LogP contribution in [0.1, 0.15) is 11.1 Å². The molecule has 0 unspecified atom stereocenters. The molecule has 0 amide bonds. The van der Waals surface area contributed by atoms with Crippen molar-refractivity contribution in [2.24, 2.45) is 0 Å². The Labute approximate surface area is 124 Å². The van der Waals surface area contributed by atoms with E-state index in [1.54, 1.807) is 0 Å². The average Bonchev–Trinajstić information content (AvgIpc) is 2.47. The highest BCUT2D eigenvalue weighted by atomic mass is 35.5. The zero-order chi connectivity index (χ0) is 15.4. The minimum Gasteiger partial charge on any atom is -0.487 e. The van der Waals surface area contributed by atoms with Crippen molar-refractivity contribution >= 4 is 17.3 Å². The second kappa shape index (κ2) is 6.20. The normalized spacial score (nSPS) is 9.95. The molecule has 0 heterocycles. The van der Waals surface area contributed by atoms with E-state index in [4.69, 9.17) is 21.6 Å². The van der Waals surface area contributed by atoms with Crippen molar-refractivity contribution < 1.29 is 14.1 Å². The van der Waals surface area contributed by atoms with Gasteiger partial charge >= 0.3 is 0 Å². The number of non-ortho nitro benzene ring substituents is 1. The van der Waals surface area contributed by atoms with Crippen LogP contribution in [-0.4, -0.2) is 4.92 Å². The number of halogens is 2. The first-order chi connectivity index (χ1) is 10.0. The average molecular weight is 307 g/mol. The fraction of sp³-hybridized carbons (Fsp3) is 0.0714. The summed E-state index contributed by atoms with van der Waals surface area (Å²) in [6.45, 7) is -0.154. The van der Waals surface area contributed by atoms with E-state index in [9.17, 15) is 14.5 Å². The van der Waals surface area contributed by atoms with Crippen molar-refractivity contribution in [1.29, 1.82) is 5.26 Å². The summed E-state index contributed by atoms with van der Waals surface area (Å²) in [4.78, 5) is 10.1. The number of benzene rings is 2. The van der Waals surface area contributed by atoms with Crippen molar-refractivity contribution in [3.8, 4) is 11.8 Å². The summed E-state index contributed by atoms with van der Waals surface area (Å²) in [6, 6.07) is 9.54. The highest BCUT2D eigenvalue weighted by molar-refractivity contribution is 6.32. The fourth-order valence-electron chi connectivity index (χ4n) is 1.61. The molecule has 2 rings (SSSR count). The van der Waals surface area contributed by atoms with Gasteiger partial charge in [-0.2, -0.15) is 5.26 Å². The maximum atomic E-state index is 13.7. The van der Waals surface area contributed by atoms with Crippen LogP contribution >= 0.6 is 11.6 Å². The van der Waals surface area contributed by atoms with E-state index >= 15 is 0 Å². The number of nitro benzene ring substituents is 1. The summed E-state index contributed by atoms with van der Waals surface area (Å²) in [5, 5.41) is 19.5. The second-order valence-corrected chi connectivity index (χ2v) is 4.49. The third kappa shape index (κ3) is 3.46. The van der Waals surface area contributed by atoms with E-state index in [0.717, 1.165) is 6.07 Å². The minimum atomic E-state index is -0.587. The van der Waals surface area contributed by atoms with Gasteiger partial charge in [0.2, 0.25) is 0 Å². The predicted molar refractivity (Wildman–Crippen MR) is 73.6 cm³/mol. The molecule has 0 radical (unpaired) electrons. The van der Waals surface area contributed by atoms with Gasteiger partial charge in [-0.1, -0.05) is 17.7 Å². The van der Waals surface area contributed by atoms with Crippen molar-refractivity contribution in [2.45, 2.75) is 6.61 Å². The lowest BCUT2D eigenvalue weighted by molar-refractivity contribution is -0.384. The van der Waals surface area contributed by atoms with Gasteiger partial charge in [-0.15, -0.1) is 0 Å². The van der Waals surface area contributed by atoms with Gasteiger partial charge in [0.1, 0.15) is 18.2 Å². The van der Waals surface area contributed by atoms with Gasteiger partial charge < -0.3 is 4.74 Å². The molecular formula is C14H8ClFN2O3. The third-order valence-electron chi connectivity index (χ3n) is 2.69. The molecule has 0 aliphatic carbocycles. The number of nitro groups is 1. The van der Waals surface area contributed by atoms with Crippen LogP contribution in [0.25, 0.3) is 0 Å². The van der Waals surface area contributed by atoms with Gasteiger partial charge in [0.05, 0.1) is 27.6 Å². The molecular weight excluding hydrogens is 299 g/mol. The molecule has 0 aromatic heterocycles. The van der Waals surface area contributed by atoms with Crippen LogP contribution in [0.15, 0.2) is 36.4 Å². The van der Waals surface area contributed by atoms with E-state index in [2.05, 4.69) is 0 Å². The van der Waals surface area contributed by atoms with Gasteiger partial charge in [-0.3, -0.25) is 10.1 Å². The molecule has 0 N–H and O–H groups in total. The fourth-order valence-corrected chi connectivity index (χ4v) is 1.78. The summed E-state index contributed by atoms with van der Waals surface area (Å²) in [5.41, 5.74) is 0.246. The van der Waals surface area contributed by atoms with Crippen molar-refractivity contribution in [2.75, 3.05) is 0 Å². The van der Waals surface area contributed by atoms with Crippen LogP contribution in [0.3, 0.4) is 0 Å². The quantitative estimate of drug-likeness (QED) is 0.635. The lowest BCUT2D eigenvalue weighted by atomic mass is 10.1. The first-order valence-corrected chi connectivity index (χ1v) is 6.14. The lowest BCUT2D eigenvalue weighted by Gasteiger charge is -2.08. The number of rotatable bonds is 4. The van der Waals surface area contributed by atoms with E-state index in [1.165, 1.54) is 30.3 Å². The largest absolute Gasteiger partial charge is 0.487 e. The summed E-state index contributed by atoms with van der Waals surface area (Å²) in [5.74, 6) is -0.495. The van der Waals surface area contributed by atoms with Crippen LogP contribution in [0.2, 0.25) is 5.02 Å². The smallest absolute Gasteiger partial charge is 0.273 e. The molecule has 0 aliphatic rings. The number of ether oxygens (including phenoxy) is 1. The van der Waals surface area contributed by atoms with Gasteiger partial charge in [-0.05, 0) is 18.2 Å². The Hall–Kier alpha value is -2.65. The zero-order valence-electron chi connectivity index (χ0n) is 10.5. The minimum absolute atomic E-state index is 0.0922. The SMILES string of the molecule is N#Cc1ccc(COc2cc([N+](=O)[O-])ccc2Cl)c(F)c1. The van der Waals surface area contributed by atoms with Crippen LogP contribution in [-0.2, 0) is 6.61 Å². The molecule has 0 saturated heterocycles. The van der Waals surface area contributed by atoms with Gasteiger partial charge in [-0.25, -0.2) is 4.39 Å². The number of nitrogens with zero attached hydrogens (tertiary/aromatic N) is 2. The maximum Gasteiger partial charge on any atom is 0.273 e. The van der Waals surface area contributed by atoms with Crippen LogP contribution in [0.5, 0.6) is 5.75 Å². The second-order valence-electron chi connectivity index (χ2n) is 4.08. The molecule has 21 heavy (non-hydrogen) atoms. The Morgan fingerprint density at radius 3 is 2.71 bits per heavy atom. The standard InChI is InChI=1S/C14H8ClFN2O3/c15-12-4-3-11(18(19)20)6-14(12)21-8-10-2-1-9(7-17)5-13(10)16/h1-6H,8H2. The first kappa shape index (κ1) is 14.8. The summed E-state index contributed by atoms with van der Waals surface area (Å²) >= 11 is 5.87. The number of hydrogen-bond donors (Lipinski definition) is 0. The molecule has 0 saturated carbocycles. The third-order valence-corrected chi connectivity index (χ3v) is 3.00. The first-order valence-electron chi connectivity index (χ1n) is 5.76. The van der Waals surface area contributed by atoms with E-state index in [1.807, 2.05) is 6.07 Å².